The average Bonchev–Trinajstić information content (AvgIpc) is 3.33. The van der Waals surface area contributed by atoms with Crippen LogP contribution in [0.25, 0.3) is 11.3 Å². The average molecular weight is 417 g/mol. The summed E-state index contributed by atoms with van der Waals surface area (Å²) >= 11 is 0. The smallest absolute Gasteiger partial charge is 0.277 e. The molecule has 0 radical (unpaired) electrons. The highest BCUT2D eigenvalue weighted by molar-refractivity contribution is 5.86. The molecule has 0 fully saturated rings. The van der Waals surface area contributed by atoms with Gasteiger partial charge >= 0.3 is 0 Å². The quantitative estimate of drug-likeness (QED) is 0.315. The summed E-state index contributed by atoms with van der Waals surface area (Å²) in [7, 11) is 3.40. The minimum atomic E-state index is -0.402. The first-order valence-corrected chi connectivity index (χ1v) is 9.56. The van der Waals surface area contributed by atoms with E-state index in [9.17, 15) is 4.79 Å². The van der Waals surface area contributed by atoms with Crippen molar-refractivity contribution in [1.29, 1.82) is 0 Å². The number of methoxy groups -OCH3 is 1. The number of carbonyl (C=O) groups is 1. The van der Waals surface area contributed by atoms with Crippen LogP contribution in [0.5, 0.6) is 11.5 Å². The van der Waals surface area contributed by atoms with E-state index in [-0.39, 0.29) is 6.61 Å². The van der Waals surface area contributed by atoms with E-state index in [1.807, 2.05) is 25.2 Å². The molecule has 0 aliphatic heterocycles. The number of hydrazone groups is 1. The van der Waals surface area contributed by atoms with Gasteiger partial charge < -0.3 is 19.2 Å². The predicted octanol–water partition coefficient (Wildman–Crippen LogP) is 3.70. The van der Waals surface area contributed by atoms with Gasteiger partial charge in [-0.25, -0.2) is 5.43 Å². The van der Waals surface area contributed by atoms with Crippen LogP contribution in [0.2, 0.25) is 0 Å². The Balaban J connectivity index is 1.65. The van der Waals surface area contributed by atoms with Gasteiger partial charge in [0.1, 0.15) is 17.3 Å². The van der Waals surface area contributed by atoms with E-state index in [1.54, 1.807) is 49.9 Å². The van der Waals surface area contributed by atoms with E-state index >= 15 is 0 Å². The van der Waals surface area contributed by atoms with Crippen LogP contribution >= 0.6 is 0 Å². The highest BCUT2D eigenvalue weighted by Gasteiger charge is 2.12. The van der Waals surface area contributed by atoms with Crippen molar-refractivity contribution in [3.05, 3.63) is 65.9 Å². The summed E-state index contributed by atoms with van der Waals surface area (Å²) in [5.41, 5.74) is 5.83. The third-order valence-electron chi connectivity index (χ3n) is 4.49. The summed E-state index contributed by atoms with van der Waals surface area (Å²) in [6.07, 6.45) is 9.04. The zero-order valence-electron chi connectivity index (χ0n) is 17.3. The van der Waals surface area contributed by atoms with Crippen LogP contribution in [0.3, 0.4) is 0 Å². The lowest BCUT2D eigenvalue weighted by Gasteiger charge is -2.11. The van der Waals surface area contributed by atoms with Gasteiger partial charge in [-0.05, 0) is 42.0 Å². The lowest BCUT2D eigenvalue weighted by atomic mass is 10.0. The minimum absolute atomic E-state index is 0.217. The van der Waals surface area contributed by atoms with Gasteiger partial charge in [0.2, 0.25) is 0 Å². The van der Waals surface area contributed by atoms with Crippen LogP contribution in [0.1, 0.15) is 11.1 Å². The molecule has 7 heteroatoms. The van der Waals surface area contributed by atoms with Gasteiger partial charge in [-0.1, -0.05) is 12.1 Å². The van der Waals surface area contributed by atoms with Gasteiger partial charge in [0.15, 0.2) is 6.61 Å². The second kappa shape index (κ2) is 10.6. The monoisotopic (exact) mass is 417 g/mol. The molecule has 0 atom stereocenters. The Hall–Kier alpha value is -4.18. The molecule has 31 heavy (non-hydrogen) atoms. The Morgan fingerprint density at radius 2 is 2.13 bits per heavy atom. The summed E-state index contributed by atoms with van der Waals surface area (Å²) < 4.78 is 16.4. The first kappa shape index (κ1) is 21.5. The Morgan fingerprint density at radius 1 is 1.26 bits per heavy atom. The molecule has 1 amide bonds. The predicted molar refractivity (Wildman–Crippen MR) is 120 cm³/mol. The number of terminal acetylenes is 1. The largest absolute Gasteiger partial charge is 0.497 e. The van der Waals surface area contributed by atoms with Crippen molar-refractivity contribution >= 4 is 17.8 Å². The molecule has 0 saturated carbocycles. The number of ether oxygens (including phenoxy) is 2. The van der Waals surface area contributed by atoms with Gasteiger partial charge in [-0.3, -0.25) is 4.79 Å². The normalized spacial score (nSPS) is 10.5. The van der Waals surface area contributed by atoms with E-state index in [0.717, 1.165) is 16.8 Å². The van der Waals surface area contributed by atoms with Gasteiger partial charge in [0, 0.05) is 24.7 Å². The maximum Gasteiger partial charge on any atom is 0.277 e. The van der Waals surface area contributed by atoms with Crippen LogP contribution in [0.15, 0.2) is 64.3 Å². The second-order valence-electron chi connectivity index (χ2n) is 6.43. The van der Waals surface area contributed by atoms with E-state index in [4.69, 9.17) is 20.3 Å². The van der Waals surface area contributed by atoms with Gasteiger partial charge in [-0.2, -0.15) is 5.10 Å². The highest BCUT2D eigenvalue weighted by Crippen LogP contribution is 2.33. The Morgan fingerprint density at radius 3 is 2.84 bits per heavy atom. The molecule has 0 aliphatic rings. The van der Waals surface area contributed by atoms with Crippen LogP contribution in [-0.4, -0.2) is 32.9 Å². The summed E-state index contributed by atoms with van der Waals surface area (Å²) in [4.78, 5) is 12.2. The fraction of sp³-hybridized carbons (Fsp3) is 0.167. The van der Waals surface area contributed by atoms with Crippen molar-refractivity contribution in [2.24, 2.45) is 5.10 Å². The molecule has 0 saturated heterocycles. The molecule has 1 aromatic heterocycles. The highest BCUT2D eigenvalue weighted by atomic mass is 16.5. The number of nitrogens with zero attached hydrogens (tertiary/aromatic N) is 1. The molecule has 2 N–H and O–H groups in total. The van der Waals surface area contributed by atoms with Gasteiger partial charge in [0.05, 0.1) is 25.2 Å². The maximum absolute atomic E-state index is 12.2. The van der Waals surface area contributed by atoms with Crippen LogP contribution in [0, 0.1) is 12.3 Å². The standard InChI is InChI=1S/C24H23N3O4/c1-4-7-19-17(8-5-9-21(19)25-2)15-26-27-24(28)16-31-23-12-11-18(29-3)14-20(23)22-10-6-13-30-22/h1,5-6,8-15,25H,7,16H2,2-3H3,(H,27,28)/b26-15+. The van der Waals surface area contributed by atoms with E-state index in [0.29, 0.717) is 29.2 Å². The number of amides is 1. The first-order valence-electron chi connectivity index (χ1n) is 9.56. The number of carbonyl (C=O) groups excluding carboxylic acids is 1. The van der Waals surface area contributed by atoms with Crippen molar-refractivity contribution in [3.63, 3.8) is 0 Å². The number of hydrogen-bond donors (Lipinski definition) is 2. The van der Waals surface area contributed by atoms with Crippen molar-refractivity contribution in [1.82, 2.24) is 5.43 Å². The molecule has 0 bridgehead atoms. The van der Waals surface area contributed by atoms with Crippen LogP contribution in [0.4, 0.5) is 5.69 Å². The zero-order valence-corrected chi connectivity index (χ0v) is 17.3. The Kier molecular flexibility index (Phi) is 7.33. The Bertz CT molecular complexity index is 1100. The van der Waals surface area contributed by atoms with Crippen LogP contribution in [-0.2, 0) is 11.2 Å². The SMILES string of the molecule is C#CCc1c(/C=N/NC(=O)COc2ccc(OC)cc2-c2ccco2)cccc1NC. The maximum atomic E-state index is 12.2. The van der Waals surface area contributed by atoms with E-state index in [1.165, 1.54) is 0 Å². The molecule has 7 nitrogen and oxygen atoms in total. The fourth-order valence-electron chi connectivity index (χ4n) is 2.99. The fourth-order valence-corrected chi connectivity index (χ4v) is 2.99. The topological polar surface area (TPSA) is 85.1 Å². The Labute approximate surface area is 181 Å². The number of benzene rings is 2. The second-order valence-corrected chi connectivity index (χ2v) is 6.43. The van der Waals surface area contributed by atoms with Crippen LogP contribution < -0.4 is 20.2 Å². The molecule has 158 valence electrons. The number of rotatable bonds is 9. The summed E-state index contributed by atoms with van der Waals surface area (Å²) in [5.74, 6) is 3.99. The first-order chi connectivity index (χ1) is 15.2. The zero-order chi connectivity index (χ0) is 22.1. The number of anilines is 1. The molecule has 2 aromatic carbocycles. The summed E-state index contributed by atoms with van der Waals surface area (Å²) in [6.45, 7) is -0.217. The van der Waals surface area contributed by atoms with Crippen molar-refractivity contribution < 1.29 is 18.7 Å². The van der Waals surface area contributed by atoms with Crippen molar-refractivity contribution in [2.75, 3.05) is 26.1 Å². The van der Waals surface area contributed by atoms with Gasteiger partial charge in [0.25, 0.3) is 5.91 Å². The van der Waals surface area contributed by atoms with E-state index in [2.05, 4.69) is 21.8 Å². The third kappa shape index (κ3) is 5.46. The number of hydrogen-bond acceptors (Lipinski definition) is 6. The minimum Gasteiger partial charge on any atom is -0.497 e. The lowest BCUT2D eigenvalue weighted by Crippen LogP contribution is -2.24. The number of nitrogens with one attached hydrogen (secondary N) is 2. The van der Waals surface area contributed by atoms with Crippen molar-refractivity contribution in [2.45, 2.75) is 6.42 Å². The molecule has 3 rings (SSSR count). The molecule has 0 unspecified atom stereocenters. The summed E-state index contributed by atoms with van der Waals surface area (Å²) in [6, 6.07) is 14.5. The van der Waals surface area contributed by atoms with Crippen molar-refractivity contribution in [3.8, 4) is 35.2 Å². The third-order valence-corrected chi connectivity index (χ3v) is 4.49. The molecule has 0 spiro atoms. The molecule has 3 aromatic rings. The summed E-state index contributed by atoms with van der Waals surface area (Å²) in [5, 5.41) is 7.13. The molecular formula is C24H23N3O4. The van der Waals surface area contributed by atoms with Gasteiger partial charge in [-0.15, -0.1) is 12.3 Å². The van der Waals surface area contributed by atoms with E-state index < -0.39 is 5.91 Å². The molecule has 1 heterocycles. The molecule has 0 aliphatic carbocycles. The molecular weight excluding hydrogens is 394 g/mol. The number of furan rings is 1. The lowest BCUT2D eigenvalue weighted by molar-refractivity contribution is -0.123.